The number of carbonyl (C=O) groups is 2. The molecule has 0 bridgehead atoms. The first-order valence-electron chi connectivity index (χ1n) is 11.4. The van der Waals surface area contributed by atoms with Crippen molar-refractivity contribution in [1.29, 1.82) is 0 Å². The molecule has 0 atom stereocenters. The normalized spacial score (nSPS) is 15.0. The van der Waals surface area contributed by atoms with E-state index in [1.54, 1.807) is 12.1 Å². The Morgan fingerprint density at radius 2 is 1.58 bits per heavy atom. The summed E-state index contributed by atoms with van der Waals surface area (Å²) in [5, 5.41) is 3.43. The molecule has 3 rings (SSSR count). The lowest BCUT2D eigenvalue weighted by molar-refractivity contribution is -0.146. The molecule has 1 heterocycles. The van der Waals surface area contributed by atoms with Gasteiger partial charge in [-0.25, -0.2) is 21.6 Å². The summed E-state index contributed by atoms with van der Waals surface area (Å²) in [7, 11) is -7.46. The molecule has 1 fully saturated rings. The number of hydrogen-bond acceptors (Lipinski definition) is 7. The van der Waals surface area contributed by atoms with E-state index in [0.717, 1.165) is 30.2 Å². The number of benzene rings is 2. The van der Waals surface area contributed by atoms with Gasteiger partial charge < -0.3 is 10.1 Å². The van der Waals surface area contributed by atoms with Gasteiger partial charge in [-0.1, -0.05) is 36.2 Å². The average molecular weight is 536 g/mol. The molecule has 0 radical (unpaired) electrons. The molecule has 2 N–H and O–H groups in total. The van der Waals surface area contributed by atoms with Gasteiger partial charge in [0.2, 0.25) is 20.0 Å². The molecule has 1 aliphatic rings. The minimum atomic E-state index is -3.88. The Bertz CT molecular complexity index is 1300. The predicted octanol–water partition coefficient (Wildman–Crippen LogP) is 2.24. The van der Waals surface area contributed by atoms with Crippen LogP contribution in [0.25, 0.3) is 6.08 Å². The SMILES string of the molecule is Cc1ccc(C=CS(=O)(=O)NCC(=O)OCC(=O)Nc2ccc(S(=O)(=O)N3CCCCC3)cc2)cc1. The third-order valence-corrected chi connectivity index (χ3v) is 8.34. The third-order valence-electron chi connectivity index (χ3n) is 5.39. The number of nitrogens with one attached hydrogen (secondary N) is 2. The zero-order valence-corrected chi connectivity index (χ0v) is 21.5. The highest BCUT2D eigenvalue weighted by atomic mass is 32.2. The lowest BCUT2D eigenvalue weighted by atomic mass is 10.2. The minimum absolute atomic E-state index is 0.137. The fraction of sp³-hybridized carbons (Fsp3) is 0.333. The van der Waals surface area contributed by atoms with Crippen molar-refractivity contribution < 1.29 is 31.2 Å². The number of hydrogen-bond donors (Lipinski definition) is 2. The second kappa shape index (κ2) is 12.3. The maximum absolute atomic E-state index is 12.7. The van der Waals surface area contributed by atoms with Crippen LogP contribution in [0, 0.1) is 6.92 Å². The molecule has 2 aromatic rings. The van der Waals surface area contributed by atoms with Crippen LogP contribution in [0.2, 0.25) is 0 Å². The molecule has 0 unspecified atom stereocenters. The van der Waals surface area contributed by atoms with Crippen molar-refractivity contribution in [2.75, 3.05) is 31.6 Å². The van der Waals surface area contributed by atoms with E-state index in [1.165, 1.54) is 34.6 Å². The van der Waals surface area contributed by atoms with Gasteiger partial charge in [-0.3, -0.25) is 9.59 Å². The Kier molecular flexibility index (Phi) is 9.37. The summed E-state index contributed by atoms with van der Waals surface area (Å²) in [6.45, 7) is 1.62. The van der Waals surface area contributed by atoms with Crippen LogP contribution < -0.4 is 10.0 Å². The van der Waals surface area contributed by atoms with E-state index in [1.807, 2.05) is 19.1 Å². The summed E-state index contributed by atoms with van der Waals surface area (Å²) in [5.74, 6) is -1.59. The minimum Gasteiger partial charge on any atom is -0.455 e. The standard InChI is InChI=1S/C24H29N3O7S2/c1-19-5-7-20(8-6-19)13-16-35(30,31)25-17-24(29)34-18-23(28)26-21-9-11-22(12-10-21)36(32,33)27-14-3-2-4-15-27/h5-13,16,25H,2-4,14-15,17-18H2,1H3,(H,26,28). The molecule has 194 valence electrons. The Labute approximate surface area is 211 Å². The van der Waals surface area contributed by atoms with Gasteiger partial charge in [0.1, 0.15) is 6.54 Å². The van der Waals surface area contributed by atoms with Crippen molar-refractivity contribution in [2.45, 2.75) is 31.1 Å². The van der Waals surface area contributed by atoms with Crippen LogP contribution in [0.15, 0.2) is 58.8 Å². The number of aryl methyl sites for hydroxylation is 1. The van der Waals surface area contributed by atoms with Gasteiger partial charge in [0.25, 0.3) is 5.91 Å². The molecule has 36 heavy (non-hydrogen) atoms. The molecule has 0 spiro atoms. The first-order valence-corrected chi connectivity index (χ1v) is 14.3. The van der Waals surface area contributed by atoms with E-state index in [4.69, 9.17) is 4.74 Å². The van der Waals surface area contributed by atoms with Crippen molar-refractivity contribution in [1.82, 2.24) is 9.03 Å². The molecular formula is C24H29N3O7S2. The molecule has 2 aromatic carbocycles. The van der Waals surface area contributed by atoms with Crippen LogP contribution in [0.1, 0.15) is 30.4 Å². The number of carbonyl (C=O) groups excluding carboxylic acids is 2. The number of amides is 1. The van der Waals surface area contributed by atoms with Crippen LogP contribution >= 0.6 is 0 Å². The van der Waals surface area contributed by atoms with Crippen LogP contribution in [0.3, 0.4) is 0 Å². The molecule has 12 heteroatoms. The van der Waals surface area contributed by atoms with Crippen LogP contribution in [-0.2, 0) is 34.4 Å². The van der Waals surface area contributed by atoms with E-state index in [2.05, 4.69) is 10.0 Å². The van der Waals surface area contributed by atoms with E-state index in [-0.39, 0.29) is 4.90 Å². The summed E-state index contributed by atoms with van der Waals surface area (Å²) in [6, 6.07) is 12.9. The fourth-order valence-corrected chi connectivity index (χ4v) is 5.68. The Morgan fingerprint density at radius 1 is 0.944 bits per heavy atom. The topological polar surface area (TPSA) is 139 Å². The lowest BCUT2D eigenvalue weighted by Crippen LogP contribution is -2.35. The Balaban J connectivity index is 1.43. The maximum atomic E-state index is 12.7. The van der Waals surface area contributed by atoms with Crippen molar-refractivity contribution >= 4 is 43.7 Å². The molecule has 1 saturated heterocycles. The number of anilines is 1. The van der Waals surface area contributed by atoms with Crippen molar-refractivity contribution in [3.63, 3.8) is 0 Å². The van der Waals surface area contributed by atoms with Crippen molar-refractivity contribution in [3.8, 4) is 0 Å². The summed E-state index contributed by atoms with van der Waals surface area (Å²) >= 11 is 0. The van der Waals surface area contributed by atoms with Gasteiger partial charge in [-0.05, 0) is 55.7 Å². The molecular weight excluding hydrogens is 506 g/mol. The van der Waals surface area contributed by atoms with Gasteiger partial charge in [-0.2, -0.15) is 4.31 Å². The van der Waals surface area contributed by atoms with Crippen molar-refractivity contribution in [2.24, 2.45) is 0 Å². The zero-order chi connectivity index (χ0) is 26.2. The second-order valence-corrected chi connectivity index (χ2v) is 11.9. The number of sulfonamides is 2. The highest BCUT2D eigenvalue weighted by Gasteiger charge is 2.25. The molecule has 0 aromatic heterocycles. The quantitative estimate of drug-likeness (QED) is 0.445. The Hall–Kier alpha value is -3.06. The van der Waals surface area contributed by atoms with E-state index in [0.29, 0.717) is 24.3 Å². The van der Waals surface area contributed by atoms with E-state index < -0.39 is 45.1 Å². The number of esters is 1. The summed E-state index contributed by atoms with van der Waals surface area (Å²) in [5.41, 5.74) is 2.05. The molecule has 0 saturated carbocycles. The first kappa shape index (κ1) is 27.5. The van der Waals surface area contributed by atoms with Crippen LogP contribution in [0.5, 0.6) is 0 Å². The second-order valence-electron chi connectivity index (χ2n) is 8.28. The van der Waals surface area contributed by atoms with Crippen LogP contribution in [-0.4, -0.2) is 59.3 Å². The summed E-state index contributed by atoms with van der Waals surface area (Å²) in [4.78, 5) is 24.0. The first-order chi connectivity index (χ1) is 17.0. The highest BCUT2D eigenvalue weighted by molar-refractivity contribution is 7.92. The Morgan fingerprint density at radius 3 is 2.22 bits per heavy atom. The largest absolute Gasteiger partial charge is 0.455 e. The monoisotopic (exact) mass is 535 g/mol. The summed E-state index contributed by atoms with van der Waals surface area (Å²) in [6.07, 6.45) is 4.07. The third kappa shape index (κ3) is 8.26. The highest BCUT2D eigenvalue weighted by Crippen LogP contribution is 2.22. The predicted molar refractivity (Wildman–Crippen MR) is 136 cm³/mol. The zero-order valence-electron chi connectivity index (χ0n) is 19.8. The van der Waals surface area contributed by atoms with E-state index in [9.17, 15) is 26.4 Å². The van der Waals surface area contributed by atoms with Crippen molar-refractivity contribution in [3.05, 3.63) is 65.1 Å². The van der Waals surface area contributed by atoms with Gasteiger partial charge in [0.15, 0.2) is 6.61 Å². The maximum Gasteiger partial charge on any atom is 0.321 e. The molecule has 1 amide bonds. The number of nitrogens with zero attached hydrogens (tertiary/aromatic N) is 1. The number of rotatable bonds is 10. The van der Waals surface area contributed by atoms with E-state index >= 15 is 0 Å². The smallest absolute Gasteiger partial charge is 0.321 e. The molecule has 0 aliphatic carbocycles. The summed E-state index contributed by atoms with van der Waals surface area (Å²) < 4.78 is 57.7. The molecule has 1 aliphatic heterocycles. The van der Waals surface area contributed by atoms with Gasteiger partial charge in [0.05, 0.1) is 4.90 Å². The van der Waals surface area contributed by atoms with Crippen LogP contribution in [0.4, 0.5) is 5.69 Å². The molecule has 10 nitrogen and oxygen atoms in total. The fourth-order valence-electron chi connectivity index (χ4n) is 3.41. The van der Waals surface area contributed by atoms with Gasteiger partial charge >= 0.3 is 5.97 Å². The van der Waals surface area contributed by atoms with Gasteiger partial charge in [-0.15, -0.1) is 0 Å². The van der Waals surface area contributed by atoms with Gasteiger partial charge in [0, 0.05) is 24.2 Å². The number of ether oxygens (including phenoxy) is 1. The average Bonchev–Trinajstić information content (AvgIpc) is 2.87. The number of piperidine rings is 1. The lowest BCUT2D eigenvalue weighted by Gasteiger charge is -2.25.